The Bertz CT molecular complexity index is 1040. The van der Waals surface area contributed by atoms with Crippen molar-refractivity contribution < 1.29 is 4.79 Å². The van der Waals surface area contributed by atoms with Crippen molar-refractivity contribution in [1.29, 1.82) is 0 Å². The molecule has 1 aliphatic rings. The zero-order valence-corrected chi connectivity index (χ0v) is 19.1. The number of thioether (sulfide) groups is 1. The smallest absolute Gasteiger partial charge is 0.265 e. The first-order chi connectivity index (χ1) is 12.9. The van der Waals surface area contributed by atoms with Gasteiger partial charge in [0.2, 0.25) is 0 Å². The Kier molecular flexibility index (Phi) is 6.39. The summed E-state index contributed by atoms with van der Waals surface area (Å²) in [4.78, 5) is 18.1. The molecule has 0 saturated carbocycles. The summed E-state index contributed by atoms with van der Waals surface area (Å²) in [5.74, 6) is 0.828. The van der Waals surface area contributed by atoms with Gasteiger partial charge in [0.15, 0.2) is 5.17 Å². The summed E-state index contributed by atoms with van der Waals surface area (Å²) in [5.41, 5.74) is 7.35. The van der Waals surface area contributed by atoms with Gasteiger partial charge in [0, 0.05) is 20.6 Å². The van der Waals surface area contributed by atoms with Gasteiger partial charge >= 0.3 is 0 Å². The average Bonchev–Trinajstić information content (AvgIpc) is 3.05. The van der Waals surface area contributed by atoms with Crippen LogP contribution in [0.2, 0.25) is 0 Å². The number of benzene rings is 2. The van der Waals surface area contributed by atoms with Crippen molar-refractivity contribution in [3.05, 3.63) is 63.4 Å². The van der Waals surface area contributed by atoms with Gasteiger partial charge in [0.1, 0.15) is 0 Å². The number of aliphatic imine (C=N–C) groups is 1. The number of hydrogen-bond acceptors (Lipinski definition) is 5. The molecular formula is C20H19BrClN3OS2. The molecule has 1 aliphatic heterocycles. The molecule has 0 bridgehead atoms. The molecular weight excluding hydrogens is 478 g/mol. The number of amides is 1. The van der Waals surface area contributed by atoms with E-state index in [1.165, 1.54) is 11.3 Å². The zero-order chi connectivity index (χ0) is 19.0. The highest BCUT2D eigenvalue weighted by molar-refractivity contribution is 9.10. The Morgan fingerprint density at radius 1 is 1.25 bits per heavy atom. The molecule has 1 amide bonds. The van der Waals surface area contributed by atoms with Crippen molar-refractivity contribution in [2.24, 2.45) is 10.7 Å². The van der Waals surface area contributed by atoms with Crippen molar-refractivity contribution in [2.45, 2.75) is 18.9 Å². The van der Waals surface area contributed by atoms with Crippen LogP contribution in [-0.2, 0) is 5.54 Å². The summed E-state index contributed by atoms with van der Waals surface area (Å²) >= 11 is 6.64. The summed E-state index contributed by atoms with van der Waals surface area (Å²) in [6, 6.07) is 15.9. The van der Waals surface area contributed by atoms with Crippen LogP contribution < -0.4 is 11.1 Å². The van der Waals surface area contributed by atoms with Crippen LogP contribution in [0.25, 0.3) is 10.1 Å². The molecule has 0 saturated heterocycles. The van der Waals surface area contributed by atoms with E-state index in [1.54, 1.807) is 11.8 Å². The highest BCUT2D eigenvalue weighted by Crippen LogP contribution is 2.37. The molecule has 2 heterocycles. The number of rotatable bonds is 3. The number of nitrogens with two attached hydrogens (primary N) is 1. The molecule has 1 atom stereocenters. The maximum atomic E-state index is 12.7. The lowest BCUT2D eigenvalue weighted by Gasteiger charge is -2.30. The Hall–Kier alpha value is -1.54. The second kappa shape index (κ2) is 8.45. The third-order valence-electron chi connectivity index (χ3n) is 4.62. The van der Waals surface area contributed by atoms with Crippen LogP contribution in [0.1, 0.15) is 28.6 Å². The number of carbonyl (C=O) groups is 1. The van der Waals surface area contributed by atoms with Crippen LogP contribution in [0.4, 0.5) is 5.69 Å². The van der Waals surface area contributed by atoms with Crippen molar-refractivity contribution in [2.75, 3.05) is 11.1 Å². The molecule has 3 N–H and O–H groups in total. The maximum absolute atomic E-state index is 12.7. The molecule has 1 aromatic heterocycles. The number of anilines is 1. The summed E-state index contributed by atoms with van der Waals surface area (Å²) in [6.07, 6.45) is 0.901. The Balaban J connectivity index is 0.00000225. The first kappa shape index (κ1) is 21.2. The van der Waals surface area contributed by atoms with E-state index >= 15 is 0 Å². The van der Waals surface area contributed by atoms with Crippen LogP contribution >= 0.6 is 51.4 Å². The predicted octanol–water partition coefficient (Wildman–Crippen LogP) is 6.00. The van der Waals surface area contributed by atoms with Gasteiger partial charge in [-0.25, -0.2) is 0 Å². The van der Waals surface area contributed by atoms with Gasteiger partial charge < -0.3 is 11.1 Å². The molecule has 8 heteroatoms. The molecule has 2 aromatic carbocycles. The molecule has 4 nitrogen and oxygen atoms in total. The van der Waals surface area contributed by atoms with Crippen LogP contribution in [0.3, 0.4) is 0 Å². The van der Waals surface area contributed by atoms with Gasteiger partial charge in [0.25, 0.3) is 5.91 Å². The van der Waals surface area contributed by atoms with Gasteiger partial charge in [-0.3, -0.25) is 9.79 Å². The third-order valence-corrected chi connectivity index (χ3v) is 6.99. The number of amidine groups is 1. The molecule has 3 aromatic rings. The van der Waals surface area contributed by atoms with E-state index in [4.69, 9.17) is 5.73 Å². The fraction of sp³-hybridized carbons (Fsp3) is 0.200. The van der Waals surface area contributed by atoms with E-state index in [-0.39, 0.29) is 23.9 Å². The van der Waals surface area contributed by atoms with Gasteiger partial charge in [0.05, 0.1) is 10.4 Å². The predicted molar refractivity (Wildman–Crippen MR) is 127 cm³/mol. The largest absolute Gasteiger partial charge is 0.379 e. The lowest BCUT2D eigenvalue weighted by atomic mass is 9.89. The fourth-order valence-corrected chi connectivity index (χ4v) is 5.58. The molecule has 146 valence electrons. The van der Waals surface area contributed by atoms with Crippen molar-refractivity contribution in [3.63, 3.8) is 0 Å². The molecule has 4 rings (SSSR count). The van der Waals surface area contributed by atoms with E-state index in [0.29, 0.717) is 10.0 Å². The number of hydrogen-bond donors (Lipinski definition) is 2. The average molecular weight is 497 g/mol. The number of halogens is 2. The van der Waals surface area contributed by atoms with Crippen LogP contribution in [0.5, 0.6) is 0 Å². The third kappa shape index (κ3) is 4.38. The van der Waals surface area contributed by atoms with Crippen molar-refractivity contribution >= 4 is 78.3 Å². The van der Waals surface area contributed by atoms with Crippen molar-refractivity contribution in [3.8, 4) is 0 Å². The van der Waals surface area contributed by atoms with Crippen LogP contribution in [0.15, 0.2) is 58.0 Å². The molecule has 0 aliphatic carbocycles. The molecule has 0 spiro atoms. The first-order valence-electron chi connectivity index (χ1n) is 8.52. The molecule has 1 unspecified atom stereocenters. The second-order valence-corrected chi connectivity index (χ2v) is 9.77. The standard InChI is InChI=1S/C20H18BrN3OS2.ClH/c1-20(6-7-26-19(22)24-20)13-9-14(21)11-15(10-13)23-18(25)17-8-12-4-2-3-5-16(12)27-17;/h2-5,8-11H,6-7H2,1H3,(H2,22,24)(H,23,25);1H. The van der Waals surface area contributed by atoms with Crippen LogP contribution in [-0.4, -0.2) is 16.8 Å². The normalized spacial score (nSPS) is 19.0. The molecule has 0 fully saturated rings. The fourth-order valence-electron chi connectivity index (χ4n) is 3.15. The zero-order valence-electron chi connectivity index (χ0n) is 15.1. The minimum Gasteiger partial charge on any atom is -0.379 e. The lowest BCUT2D eigenvalue weighted by molar-refractivity contribution is 0.103. The summed E-state index contributed by atoms with van der Waals surface area (Å²) in [6.45, 7) is 2.08. The Labute approximate surface area is 186 Å². The van der Waals surface area contributed by atoms with E-state index in [2.05, 4.69) is 33.2 Å². The minimum atomic E-state index is -0.379. The highest BCUT2D eigenvalue weighted by atomic mass is 79.9. The number of nitrogens with one attached hydrogen (secondary N) is 1. The molecule has 0 radical (unpaired) electrons. The lowest BCUT2D eigenvalue weighted by Crippen LogP contribution is -2.29. The van der Waals surface area contributed by atoms with E-state index in [1.807, 2.05) is 48.5 Å². The van der Waals surface area contributed by atoms with E-state index in [9.17, 15) is 4.79 Å². The molecule has 28 heavy (non-hydrogen) atoms. The Morgan fingerprint density at radius 2 is 2.04 bits per heavy atom. The van der Waals surface area contributed by atoms with Crippen LogP contribution in [0, 0.1) is 0 Å². The van der Waals surface area contributed by atoms with Crippen molar-refractivity contribution in [1.82, 2.24) is 0 Å². The van der Waals surface area contributed by atoms with Gasteiger partial charge in [-0.15, -0.1) is 23.7 Å². The quantitative estimate of drug-likeness (QED) is 0.467. The minimum absolute atomic E-state index is 0. The first-order valence-corrected chi connectivity index (χ1v) is 11.1. The van der Waals surface area contributed by atoms with Gasteiger partial charge in [-0.1, -0.05) is 45.9 Å². The summed E-state index contributed by atoms with van der Waals surface area (Å²) in [5, 5.41) is 4.72. The second-order valence-electron chi connectivity index (χ2n) is 6.65. The Morgan fingerprint density at radius 3 is 2.79 bits per heavy atom. The number of fused-ring (bicyclic) bond motifs is 1. The monoisotopic (exact) mass is 495 g/mol. The maximum Gasteiger partial charge on any atom is 0.265 e. The van der Waals surface area contributed by atoms with E-state index in [0.717, 1.165) is 38.0 Å². The summed E-state index contributed by atoms with van der Waals surface area (Å²) in [7, 11) is 0. The van der Waals surface area contributed by atoms with Gasteiger partial charge in [-0.05, 0) is 54.6 Å². The van der Waals surface area contributed by atoms with Gasteiger partial charge in [-0.2, -0.15) is 0 Å². The van der Waals surface area contributed by atoms with E-state index < -0.39 is 0 Å². The topological polar surface area (TPSA) is 67.5 Å². The SMILES string of the molecule is CC1(c2cc(Br)cc(NC(=O)c3cc4ccccc4s3)c2)CCSC(N)=N1.Cl. The summed E-state index contributed by atoms with van der Waals surface area (Å²) < 4.78 is 2.01. The number of carbonyl (C=O) groups excluding carboxylic acids is 1. The number of nitrogens with zero attached hydrogens (tertiary/aromatic N) is 1. The highest BCUT2D eigenvalue weighted by Gasteiger charge is 2.30. The number of thiophene rings is 1.